The quantitative estimate of drug-likeness (QED) is 0.566. The zero-order chi connectivity index (χ0) is 8.97. The molecule has 0 aliphatic carbocycles. The van der Waals surface area contributed by atoms with Crippen molar-refractivity contribution in [3.05, 3.63) is 0 Å². The Morgan fingerprint density at radius 1 is 1.83 bits per heavy atom. The summed E-state index contributed by atoms with van der Waals surface area (Å²) < 4.78 is 4.58. The first kappa shape index (κ1) is 9.48. The largest absolute Gasteiger partial charge is 0.469 e. The van der Waals surface area contributed by atoms with Crippen molar-refractivity contribution in [2.75, 3.05) is 20.3 Å². The van der Waals surface area contributed by atoms with Crippen LogP contribution in [0.15, 0.2) is 0 Å². The topological polar surface area (TPSA) is 58.6 Å². The molecule has 4 heteroatoms. The molecule has 1 aliphatic rings. The van der Waals surface area contributed by atoms with Crippen molar-refractivity contribution in [3.63, 3.8) is 0 Å². The highest BCUT2D eigenvalue weighted by atomic mass is 16.5. The van der Waals surface area contributed by atoms with E-state index in [1.54, 1.807) is 0 Å². The Morgan fingerprint density at radius 3 is 3.00 bits per heavy atom. The number of rotatable bonds is 3. The summed E-state index contributed by atoms with van der Waals surface area (Å²) in [5.41, 5.74) is 0. The molecule has 0 bridgehead atoms. The molecule has 70 valence electrons. The summed E-state index contributed by atoms with van der Waals surface area (Å²) in [6, 6.07) is 0.0995. The number of methoxy groups -OCH3 is 1. The van der Waals surface area contributed by atoms with Gasteiger partial charge >= 0.3 is 5.97 Å². The van der Waals surface area contributed by atoms with Gasteiger partial charge in [0.15, 0.2) is 0 Å². The molecule has 2 unspecified atom stereocenters. The van der Waals surface area contributed by atoms with Crippen LogP contribution in [0.4, 0.5) is 0 Å². The number of aliphatic hydroxyl groups excluding tert-OH is 1. The van der Waals surface area contributed by atoms with Gasteiger partial charge < -0.3 is 15.2 Å². The van der Waals surface area contributed by atoms with E-state index in [-0.39, 0.29) is 18.6 Å². The molecule has 0 aromatic carbocycles. The number of ether oxygens (including phenoxy) is 1. The number of carbonyl (C=O) groups is 1. The lowest BCUT2D eigenvalue weighted by Gasteiger charge is -2.18. The van der Waals surface area contributed by atoms with Crippen molar-refractivity contribution in [3.8, 4) is 0 Å². The molecule has 2 N–H and O–H groups in total. The fourth-order valence-corrected chi connectivity index (χ4v) is 1.57. The van der Waals surface area contributed by atoms with Crippen molar-refractivity contribution >= 4 is 5.97 Å². The Bertz CT molecular complexity index is 154. The standard InChI is InChI=1S/C8H15NO3/c1-12-8(11)6(5-10)7-3-2-4-9-7/h6-7,9-10H,2-5H2,1H3. The number of hydrogen-bond donors (Lipinski definition) is 2. The van der Waals surface area contributed by atoms with Crippen LogP contribution in [-0.2, 0) is 9.53 Å². The molecule has 1 heterocycles. The minimum atomic E-state index is -0.391. The van der Waals surface area contributed by atoms with E-state index in [0.717, 1.165) is 19.4 Å². The predicted molar refractivity (Wildman–Crippen MR) is 43.6 cm³/mol. The highest BCUT2D eigenvalue weighted by Crippen LogP contribution is 2.15. The lowest BCUT2D eigenvalue weighted by molar-refractivity contribution is -0.147. The molecule has 2 atom stereocenters. The van der Waals surface area contributed by atoms with E-state index in [1.165, 1.54) is 7.11 Å². The highest BCUT2D eigenvalue weighted by Gasteiger charge is 2.30. The minimum absolute atomic E-state index is 0.0995. The van der Waals surface area contributed by atoms with E-state index in [0.29, 0.717) is 0 Å². The van der Waals surface area contributed by atoms with Gasteiger partial charge in [-0.05, 0) is 19.4 Å². The summed E-state index contributed by atoms with van der Waals surface area (Å²) in [5.74, 6) is -0.714. The zero-order valence-electron chi connectivity index (χ0n) is 7.25. The van der Waals surface area contributed by atoms with E-state index in [1.807, 2.05) is 0 Å². The number of aliphatic hydroxyl groups is 1. The number of esters is 1. The van der Waals surface area contributed by atoms with Crippen molar-refractivity contribution in [1.29, 1.82) is 0 Å². The van der Waals surface area contributed by atoms with Crippen molar-refractivity contribution in [2.45, 2.75) is 18.9 Å². The maximum atomic E-state index is 11.1. The Hall–Kier alpha value is -0.610. The maximum Gasteiger partial charge on any atom is 0.312 e. The normalized spacial score (nSPS) is 25.3. The molecule has 1 fully saturated rings. The smallest absolute Gasteiger partial charge is 0.312 e. The third kappa shape index (κ3) is 1.95. The summed E-state index contributed by atoms with van der Waals surface area (Å²) in [4.78, 5) is 11.1. The van der Waals surface area contributed by atoms with Crippen LogP contribution >= 0.6 is 0 Å². The molecule has 0 aromatic rings. The molecule has 1 saturated heterocycles. The summed E-state index contributed by atoms with van der Waals surface area (Å²) in [6.07, 6.45) is 2.01. The Morgan fingerprint density at radius 2 is 2.58 bits per heavy atom. The van der Waals surface area contributed by atoms with Crippen LogP contribution in [0.3, 0.4) is 0 Å². The van der Waals surface area contributed by atoms with Gasteiger partial charge in [-0.1, -0.05) is 0 Å². The van der Waals surface area contributed by atoms with E-state index < -0.39 is 5.92 Å². The Kier molecular flexibility index (Phi) is 3.49. The SMILES string of the molecule is COC(=O)C(CO)C1CCCN1. The first-order chi connectivity index (χ1) is 5.79. The second kappa shape index (κ2) is 4.42. The van der Waals surface area contributed by atoms with Gasteiger partial charge in [0.1, 0.15) is 0 Å². The zero-order valence-corrected chi connectivity index (χ0v) is 7.25. The highest BCUT2D eigenvalue weighted by molar-refractivity contribution is 5.73. The summed E-state index contributed by atoms with van der Waals surface area (Å²) in [7, 11) is 1.35. The van der Waals surface area contributed by atoms with Crippen LogP contribution < -0.4 is 5.32 Å². The molecule has 0 amide bonds. The molecule has 0 spiro atoms. The third-order valence-electron chi connectivity index (χ3n) is 2.28. The van der Waals surface area contributed by atoms with E-state index in [2.05, 4.69) is 10.1 Å². The fraction of sp³-hybridized carbons (Fsp3) is 0.875. The first-order valence-corrected chi connectivity index (χ1v) is 4.21. The van der Waals surface area contributed by atoms with Gasteiger partial charge in [-0.3, -0.25) is 4.79 Å². The van der Waals surface area contributed by atoms with Crippen LogP contribution in [-0.4, -0.2) is 37.4 Å². The first-order valence-electron chi connectivity index (χ1n) is 4.21. The molecule has 1 aliphatic heterocycles. The van der Waals surface area contributed by atoms with Crippen molar-refractivity contribution < 1.29 is 14.6 Å². The third-order valence-corrected chi connectivity index (χ3v) is 2.28. The van der Waals surface area contributed by atoms with Crippen LogP contribution in [0, 0.1) is 5.92 Å². The van der Waals surface area contributed by atoms with E-state index in [4.69, 9.17) is 5.11 Å². The monoisotopic (exact) mass is 173 g/mol. The number of carbonyl (C=O) groups excluding carboxylic acids is 1. The Balaban J connectivity index is 2.48. The van der Waals surface area contributed by atoms with Crippen molar-refractivity contribution in [2.24, 2.45) is 5.92 Å². The lowest BCUT2D eigenvalue weighted by Crippen LogP contribution is -2.38. The minimum Gasteiger partial charge on any atom is -0.469 e. The maximum absolute atomic E-state index is 11.1. The van der Waals surface area contributed by atoms with Gasteiger partial charge in [0.05, 0.1) is 19.6 Å². The molecule has 0 radical (unpaired) electrons. The van der Waals surface area contributed by atoms with Gasteiger partial charge in [-0.25, -0.2) is 0 Å². The molecular formula is C8H15NO3. The number of hydrogen-bond acceptors (Lipinski definition) is 4. The van der Waals surface area contributed by atoms with Crippen LogP contribution in [0.1, 0.15) is 12.8 Å². The van der Waals surface area contributed by atoms with Gasteiger partial charge in [-0.15, -0.1) is 0 Å². The molecule has 0 saturated carbocycles. The Labute approximate surface area is 71.9 Å². The average molecular weight is 173 g/mol. The predicted octanol–water partition coefficient (Wildman–Crippen LogP) is -0.480. The fourth-order valence-electron chi connectivity index (χ4n) is 1.57. The molecule has 0 aromatic heterocycles. The average Bonchev–Trinajstić information content (AvgIpc) is 2.58. The second-order valence-corrected chi connectivity index (χ2v) is 3.02. The van der Waals surface area contributed by atoms with Crippen molar-refractivity contribution in [1.82, 2.24) is 5.32 Å². The second-order valence-electron chi connectivity index (χ2n) is 3.02. The summed E-state index contributed by atoms with van der Waals surface area (Å²) in [5, 5.41) is 12.1. The van der Waals surface area contributed by atoms with Gasteiger partial charge in [-0.2, -0.15) is 0 Å². The summed E-state index contributed by atoms with van der Waals surface area (Å²) in [6.45, 7) is 0.794. The molecule has 4 nitrogen and oxygen atoms in total. The van der Waals surface area contributed by atoms with Gasteiger partial charge in [0.25, 0.3) is 0 Å². The van der Waals surface area contributed by atoms with Crippen LogP contribution in [0.25, 0.3) is 0 Å². The van der Waals surface area contributed by atoms with E-state index >= 15 is 0 Å². The lowest BCUT2D eigenvalue weighted by atomic mass is 10.00. The molecule has 12 heavy (non-hydrogen) atoms. The van der Waals surface area contributed by atoms with Crippen LogP contribution in [0.2, 0.25) is 0 Å². The van der Waals surface area contributed by atoms with Gasteiger partial charge in [0, 0.05) is 6.04 Å². The van der Waals surface area contributed by atoms with Crippen LogP contribution in [0.5, 0.6) is 0 Å². The number of nitrogens with one attached hydrogen (secondary N) is 1. The molecule has 1 rings (SSSR count). The summed E-state index contributed by atoms with van der Waals surface area (Å²) >= 11 is 0. The van der Waals surface area contributed by atoms with E-state index in [9.17, 15) is 4.79 Å². The van der Waals surface area contributed by atoms with Gasteiger partial charge in [0.2, 0.25) is 0 Å². The molecular weight excluding hydrogens is 158 g/mol.